The second kappa shape index (κ2) is 5.43. The fourth-order valence-electron chi connectivity index (χ4n) is 1.94. The highest BCUT2D eigenvalue weighted by molar-refractivity contribution is 9.10. The molecule has 0 aromatic carbocycles. The zero-order valence-corrected chi connectivity index (χ0v) is 11.0. The zero-order chi connectivity index (χ0) is 10.7. The summed E-state index contributed by atoms with van der Waals surface area (Å²) >= 11 is 5.23. The minimum absolute atomic E-state index is 0.234. The molecule has 1 heterocycles. The van der Waals surface area contributed by atoms with Crippen molar-refractivity contribution in [3.8, 4) is 0 Å². The van der Waals surface area contributed by atoms with Gasteiger partial charge in [0.25, 0.3) is 0 Å². The van der Waals surface area contributed by atoms with E-state index in [2.05, 4.69) is 27.4 Å². The Morgan fingerprint density at radius 2 is 2.27 bits per heavy atom. The van der Waals surface area contributed by atoms with Gasteiger partial charge < -0.3 is 10.5 Å². The van der Waals surface area contributed by atoms with Gasteiger partial charge in [0.15, 0.2) is 0 Å². The molecule has 1 saturated carbocycles. The number of halogens is 1. The average molecular weight is 290 g/mol. The topological polar surface area (TPSA) is 35.2 Å². The number of hydrogen-bond donors (Lipinski definition) is 1. The van der Waals surface area contributed by atoms with Crippen molar-refractivity contribution in [1.29, 1.82) is 0 Å². The highest BCUT2D eigenvalue weighted by Crippen LogP contribution is 2.26. The molecule has 0 radical (unpaired) electrons. The molecule has 2 N–H and O–H groups in total. The van der Waals surface area contributed by atoms with Crippen molar-refractivity contribution < 1.29 is 4.74 Å². The monoisotopic (exact) mass is 289 g/mol. The fraction of sp³-hybridized carbons (Fsp3) is 0.636. The summed E-state index contributed by atoms with van der Waals surface area (Å²) in [5.41, 5.74) is 6.02. The third-order valence-corrected chi connectivity index (χ3v) is 4.77. The molecule has 0 bridgehead atoms. The molecule has 0 aliphatic heterocycles. The smallest absolute Gasteiger partial charge is 0.0825 e. The van der Waals surface area contributed by atoms with Crippen molar-refractivity contribution in [3.63, 3.8) is 0 Å². The van der Waals surface area contributed by atoms with Crippen LogP contribution in [0.15, 0.2) is 15.9 Å². The van der Waals surface area contributed by atoms with Gasteiger partial charge in [0.05, 0.1) is 12.7 Å². The number of ether oxygens (including phenoxy) is 1. The number of rotatable bonds is 3. The van der Waals surface area contributed by atoms with E-state index in [1.165, 1.54) is 17.7 Å². The van der Waals surface area contributed by atoms with Crippen LogP contribution in [0.2, 0.25) is 0 Å². The van der Waals surface area contributed by atoms with Crippen molar-refractivity contribution >= 4 is 27.3 Å². The summed E-state index contributed by atoms with van der Waals surface area (Å²) in [5.74, 6) is 0. The van der Waals surface area contributed by atoms with Crippen LogP contribution in [0.4, 0.5) is 0 Å². The minimum Gasteiger partial charge on any atom is -0.371 e. The molecule has 2 unspecified atom stereocenters. The first-order valence-electron chi connectivity index (χ1n) is 5.36. The summed E-state index contributed by atoms with van der Waals surface area (Å²) in [5, 5.41) is 2.07. The Kier molecular flexibility index (Phi) is 4.20. The van der Waals surface area contributed by atoms with E-state index in [9.17, 15) is 0 Å². The molecule has 1 aliphatic carbocycles. The third kappa shape index (κ3) is 3.03. The van der Waals surface area contributed by atoms with Gasteiger partial charge in [-0.2, -0.15) is 0 Å². The zero-order valence-electron chi connectivity index (χ0n) is 8.62. The van der Waals surface area contributed by atoms with Crippen molar-refractivity contribution in [2.75, 3.05) is 0 Å². The molecule has 1 aliphatic rings. The SMILES string of the molecule is NC1CCCCC1OCc1sccc1Br. The maximum atomic E-state index is 6.02. The van der Waals surface area contributed by atoms with Gasteiger partial charge in [0.1, 0.15) is 0 Å². The van der Waals surface area contributed by atoms with E-state index in [1.807, 2.05) is 0 Å². The highest BCUT2D eigenvalue weighted by Gasteiger charge is 2.22. The summed E-state index contributed by atoms with van der Waals surface area (Å²) in [7, 11) is 0. The van der Waals surface area contributed by atoms with Gasteiger partial charge in [0, 0.05) is 15.4 Å². The molecule has 0 spiro atoms. The fourth-order valence-corrected chi connectivity index (χ4v) is 3.33. The highest BCUT2D eigenvalue weighted by atomic mass is 79.9. The lowest BCUT2D eigenvalue weighted by molar-refractivity contribution is 0.00508. The number of thiophene rings is 1. The van der Waals surface area contributed by atoms with Gasteiger partial charge in [-0.05, 0) is 40.2 Å². The van der Waals surface area contributed by atoms with E-state index >= 15 is 0 Å². The Morgan fingerprint density at radius 3 is 2.93 bits per heavy atom. The van der Waals surface area contributed by atoms with Crippen LogP contribution in [-0.2, 0) is 11.3 Å². The van der Waals surface area contributed by atoms with Gasteiger partial charge in [-0.15, -0.1) is 11.3 Å². The molecule has 1 aromatic rings. The molecule has 4 heteroatoms. The normalized spacial score (nSPS) is 26.8. The molecule has 0 saturated heterocycles. The third-order valence-electron chi connectivity index (χ3n) is 2.87. The van der Waals surface area contributed by atoms with Crippen molar-refractivity contribution in [1.82, 2.24) is 0 Å². The van der Waals surface area contributed by atoms with Gasteiger partial charge in [0.2, 0.25) is 0 Å². The predicted molar refractivity (Wildman–Crippen MR) is 67.0 cm³/mol. The van der Waals surface area contributed by atoms with E-state index in [1.54, 1.807) is 11.3 Å². The van der Waals surface area contributed by atoms with Crippen LogP contribution in [0.25, 0.3) is 0 Å². The summed E-state index contributed by atoms with van der Waals surface area (Å²) in [6.45, 7) is 0.691. The predicted octanol–water partition coefficient (Wildman–Crippen LogP) is 3.30. The summed E-state index contributed by atoms with van der Waals surface area (Å²) in [4.78, 5) is 1.26. The largest absolute Gasteiger partial charge is 0.371 e. The average Bonchev–Trinajstić information content (AvgIpc) is 2.63. The van der Waals surface area contributed by atoms with Crippen LogP contribution in [0.5, 0.6) is 0 Å². The lowest BCUT2D eigenvalue weighted by atomic mass is 9.93. The van der Waals surface area contributed by atoms with E-state index in [4.69, 9.17) is 10.5 Å². The Balaban J connectivity index is 1.84. The number of hydrogen-bond acceptors (Lipinski definition) is 3. The van der Waals surface area contributed by atoms with E-state index in [-0.39, 0.29) is 12.1 Å². The molecular weight excluding hydrogens is 274 g/mol. The Morgan fingerprint density at radius 1 is 1.47 bits per heavy atom. The van der Waals surface area contributed by atoms with Crippen LogP contribution < -0.4 is 5.73 Å². The van der Waals surface area contributed by atoms with Crippen LogP contribution >= 0.6 is 27.3 Å². The second-order valence-electron chi connectivity index (χ2n) is 3.99. The van der Waals surface area contributed by atoms with Gasteiger partial charge >= 0.3 is 0 Å². The molecular formula is C11H16BrNOS. The molecule has 2 nitrogen and oxygen atoms in total. The van der Waals surface area contributed by atoms with Crippen LogP contribution in [-0.4, -0.2) is 12.1 Å². The minimum atomic E-state index is 0.234. The number of nitrogens with two attached hydrogens (primary N) is 1. The Bertz CT molecular complexity index is 315. The first-order valence-corrected chi connectivity index (χ1v) is 7.03. The van der Waals surface area contributed by atoms with Crippen LogP contribution in [0.3, 0.4) is 0 Å². The van der Waals surface area contributed by atoms with Crippen molar-refractivity contribution in [2.24, 2.45) is 5.73 Å². The lowest BCUT2D eigenvalue weighted by Gasteiger charge is -2.28. The van der Waals surface area contributed by atoms with E-state index in [0.717, 1.165) is 17.3 Å². The van der Waals surface area contributed by atoms with E-state index < -0.39 is 0 Å². The molecule has 1 fully saturated rings. The van der Waals surface area contributed by atoms with E-state index in [0.29, 0.717) is 6.61 Å². The van der Waals surface area contributed by atoms with Crippen LogP contribution in [0.1, 0.15) is 30.6 Å². The van der Waals surface area contributed by atoms with Crippen molar-refractivity contribution in [3.05, 3.63) is 20.8 Å². The molecule has 0 amide bonds. The first kappa shape index (κ1) is 11.6. The molecule has 2 atom stereocenters. The summed E-state index contributed by atoms with van der Waals surface area (Å²) < 4.78 is 7.03. The first-order chi connectivity index (χ1) is 7.27. The molecule has 84 valence electrons. The lowest BCUT2D eigenvalue weighted by Crippen LogP contribution is -2.39. The molecule has 15 heavy (non-hydrogen) atoms. The van der Waals surface area contributed by atoms with Gasteiger partial charge in [-0.1, -0.05) is 12.8 Å². The second-order valence-corrected chi connectivity index (χ2v) is 5.84. The van der Waals surface area contributed by atoms with Gasteiger partial charge in [-0.3, -0.25) is 0 Å². The van der Waals surface area contributed by atoms with Crippen molar-refractivity contribution in [2.45, 2.75) is 44.4 Å². The maximum absolute atomic E-state index is 6.02. The molecule has 2 rings (SSSR count). The van der Waals surface area contributed by atoms with Gasteiger partial charge in [-0.25, -0.2) is 0 Å². The standard InChI is InChI=1S/C11H16BrNOS/c12-8-5-6-15-11(8)7-14-10-4-2-1-3-9(10)13/h5-6,9-10H,1-4,7,13H2. The Labute approximate surface area is 103 Å². The summed E-state index contributed by atoms with van der Waals surface area (Å²) in [6.07, 6.45) is 4.99. The quantitative estimate of drug-likeness (QED) is 0.927. The summed E-state index contributed by atoms with van der Waals surface area (Å²) in [6, 6.07) is 2.29. The Hall–Kier alpha value is 0.100. The molecule has 1 aromatic heterocycles. The van der Waals surface area contributed by atoms with Crippen LogP contribution in [0, 0.1) is 0 Å². The maximum Gasteiger partial charge on any atom is 0.0825 e.